The lowest BCUT2D eigenvalue weighted by Crippen LogP contribution is -2.17. The zero-order chi connectivity index (χ0) is 16.0. The van der Waals surface area contributed by atoms with Crippen molar-refractivity contribution in [1.29, 1.82) is 0 Å². The predicted octanol–water partition coefficient (Wildman–Crippen LogP) is 3.68. The van der Waals surface area contributed by atoms with Crippen molar-refractivity contribution in [2.75, 3.05) is 5.32 Å². The van der Waals surface area contributed by atoms with Gasteiger partial charge < -0.3 is 0 Å². The number of fused-ring (bicyclic) bond motifs is 3. The van der Waals surface area contributed by atoms with Crippen LogP contribution in [0.2, 0.25) is 0 Å². The summed E-state index contributed by atoms with van der Waals surface area (Å²) < 4.78 is 3.84. The van der Waals surface area contributed by atoms with Crippen molar-refractivity contribution < 1.29 is 4.79 Å². The van der Waals surface area contributed by atoms with Gasteiger partial charge in [-0.15, -0.1) is 11.3 Å². The molecule has 23 heavy (non-hydrogen) atoms. The van der Waals surface area contributed by atoms with Crippen LogP contribution in [0.15, 0.2) is 24.4 Å². The highest BCUT2D eigenvalue weighted by atomic mass is 32.1. The first-order chi connectivity index (χ1) is 11.2. The molecule has 0 aliphatic rings. The van der Waals surface area contributed by atoms with Gasteiger partial charge in [-0.2, -0.15) is 5.10 Å². The van der Waals surface area contributed by atoms with Crippen LogP contribution in [0.5, 0.6) is 0 Å². The second-order valence-corrected chi connectivity index (χ2v) is 7.20. The molecule has 0 unspecified atom stereocenters. The van der Waals surface area contributed by atoms with Crippen LogP contribution in [0.1, 0.15) is 22.4 Å². The van der Waals surface area contributed by atoms with Crippen LogP contribution >= 0.6 is 22.7 Å². The van der Waals surface area contributed by atoms with Crippen LogP contribution in [0.3, 0.4) is 0 Å². The Morgan fingerprint density at radius 1 is 1.17 bits per heavy atom. The fraction of sp³-hybridized carbons (Fsp3) is 0.200. The maximum absolute atomic E-state index is 12.4. The largest absolute Gasteiger partial charge is 0.296 e. The molecule has 3 heterocycles. The van der Waals surface area contributed by atoms with E-state index < -0.39 is 0 Å². The fourth-order valence-corrected chi connectivity index (χ4v) is 4.48. The molecule has 0 saturated heterocycles. The third-order valence-electron chi connectivity index (χ3n) is 3.49. The summed E-state index contributed by atoms with van der Waals surface area (Å²) >= 11 is 3.13. The highest BCUT2D eigenvalue weighted by molar-refractivity contribution is 7.28. The van der Waals surface area contributed by atoms with Crippen molar-refractivity contribution in [2.24, 2.45) is 0 Å². The number of carbonyl (C=O) groups excluding carboxylic acids is 1. The molecule has 1 amide bonds. The number of amides is 1. The zero-order valence-corrected chi connectivity index (χ0v) is 14.2. The van der Waals surface area contributed by atoms with Crippen LogP contribution in [0, 0.1) is 6.92 Å². The number of anilines is 1. The lowest BCUT2D eigenvalue weighted by Gasteiger charge is -2.03. The molecule has 8 heteroatoms. The quantitative estimate of drug-likeness (QED) is 0.616. The molecule has 1 aromatic carbocycles. The van der Waals surface area contributed by atoms with Gasteiger partial charge in [-0.25, -0.2) is 9.97 Å². The van der Waals surface area contributed by atoms with E-state index in [1.54, 1.807) is 28.3 Å². The molecule has 1 N–H and O–H groups in total. The fourth-order valence-electron chi connectivity index (χ4n) is 2.48. The van der Waals surface area contributed by atoms with Crippen LogP contribution < -0.4 is 5.32 Å². The van der Waals surface area contributed by atoms with Crippen molar-refractivity contribution in [3.05, 3.63) is 35.1 Å². The van der Waals surface area contributed by atoms with Gasteiger partial charge in [0.15, 0.2) is 5.13 Å². The van der Waals surface area contributed by atoms with E-state index in [1.165, 1.54) is 11.3 Å². The molecule has 0 bridgehead atoms. The third kappa shape index (κ3) is 2.40. The molecule has 0 fully saturated rings. The summed E-state index contributed by atoms with van der Waals surface area (Å²) in [6.45, 7) is 4.59. The van der Waals surface area contributed by atoms with Gasteiger partial charge in [0.1, 0.15) is 5.69 Å². The van der Waals surface area contributed by atoms with Gasteiger partial charge >= 0.3 is 0 Å². The Kier molecular flexibility index (Phi) is 3.35. The molecule has 0 saturated carbocycles. The van der Waals surface area contributed by atoms with Crippen LogP contribution in [0.4, 0.5) is 5.13 Å². The van der Waals surface area contributed by atoms with Crippen LogP contribution in [-0.4, -0.2) is 25.7 Å². The molecule has 0 spiro atoms. The standard InChI is InChI=1S/C15H13N5OS2/c1-3-20-11(6-7-16-20)14(21)19-15-18-10-5-4-9-12(13(10)23-15)22-8(2)17-9/h4-7H,3H2,1-2H3,(H,18,19,21). The smallest absolute Gasteiger partial charge is 0.275 e. The van der Waals surface area contributed by atoms with Gasteiger partial charge in [0.2, 0.25) is 0 Å². The van der Waals surface area contributed by atoms with E-state index in [9.17, 15) is 4.79 Å². The van der Waals surface area contributed by atoms with E-state index in [0.29, 0.717) is 17.4 Å². The molecule has 0 aliphatic carbocycles. The normalized spacial score (nSPS) is 11.4. The van der Waals surface area contributed by atoms with Crippen LogP contribution in [-0.2, 0) is 6.54 Å². The van der Waals surface area contributed by atoms with Crippen molar-refractivity contribution in [2.45, 2.75) is 20.4 Å². The van der Waals surface area contributed by atoms with Crippen molar-refractivity contribution in [3.8, 4) is 0 Å². The van der Waals surface area contributed by atoms with Crippen molar-refractivity contribution >= 4 is 54.1 Å². The molecule has 0 atom stereocenters. The molecule has 6 nitrogen and oxygen atoms in total. The Morgan fingerprint density at radius 3 is 2.70 bits per heavy atom. The Hall–Kier alpha value is -2.32. The number of hydrogen-bond donors (Lipinski definition) is 1. The average molecular weight is 343 g/mol. The summed E-state index contributed by atoms with van der Waals surface area (Å²) in [5, 5.41) is 8.60. The number of nitrogens with one attached hydrogen (secondary N) is 1. The van der Waals surface area contributed by atoms with Gasteiger partial charge in [-0.3, -0.25) is 14.8 Å². The van der Waals surface area contributed by atoms with E-state index in [4.69, 9.17) is 0 Å². The number of nitrogens with zero attached hydrogens (tertiary/aromatic N) is 4. The molecule has 116 valence electrons. The minimum atomic E-state index is -0.194. The lowest BCUT2D eigenvalue weighted by molar-refractivity contribution is 0.101. The number of rotatable bonds is 3. The maximum Gasteiger partial charge on any atom is 0.275 e. The Morgan fingerprint density at radius 2 is 1.91 bits per heavy atom. The molecule has 0 radical (unpaired) electrons. The summed E-state index contributed by atoms with van der Waals surface area (Å²) in [5.41, 5.74) is 2.39. The molecular formula is C15H13N5OS2. The SMILES string of the molecule is CCn1nccc1C(=O)Nc1nc2ccc3nc(C)sc3c2s1. The van der Waals surface area contributed by atoms with E-state index >= 15 is 0 Å². The average Bonchev–Trinajstić information content (AvgIpc) is 3.21. The molecular weight excluding hydrogens is 330 g/mol. The second kappa shape index (κ2) is 5.39. The summed E-state index contributed by atoms with van der Waals surface area (Å²) in [6, 6.07) is 5.62. The van der Waals surface area contributed by atoms with Crippen molar-refractivity contribution in [1.82, 2.24) is 19.7 Å². The number of aromatic nitrogens is 4. The molecule has 0 aliphatic heterocycles. The number of benzene rings is 1. The first-order valence-corrected chi connectivity index (χ1v) is 8.79. The summed E-state index contributed by atoms with van der Waals surface area (Å²) in [6.07, 6.45) is 1.63. The number of hydrogen-bond acceptors (Lipinski definition) is 6. The van der Waals surface area contributed by atoms with Crippen molar-refractivity contribution in [3.63, 3.8) is 0 Å². The topological polar surface area (TPSA) is 72.7 Å². The molecule has 3 aromatic heterocycles. The van der Waals surface area contributed by atoms with E-state index in [-0.39, 0.29) is 5.91 Å². The second-order valence-electron chi connectivity index (χ2n) is 5.00. The summed E-state index contributed by atoms with van der Waals surface area (Å²) in [4.78, 5) is 21.4. The van der Waals surface area contributed by atoms with E-state index in [1.807, 2.05) is 26.0 Å². The number of carbonyl (C=O) groups is 1. The Balaban J connectivity index is 1.72. The van der Waals surface area contributed by atoms with Crippen LogP contribution in [0.25, 0.3) is 20.4 Å². The third-order valence-corrected chi connectivity index (χ3v) is 5.63. The zero-order valence-electron chi connectivity index (χ0n) is 12.5. The monoisotopic (exact) mass is 343 g/mol. The lowest BCUT2D eigenvalue weighted by atomic mass is 10.3. The number of thiazole rings is 2. The highest BCUT2D eigenvalue weighted by Crippen LogP contribution is 2.35. The van der Waals surface area contributed by atoms with Gasteiger partial charge in [0, 0.05) is 12.7 Å². The van der Waals surface area contributed by atoms with Gasteiger partial charge in [-0.05, 0) is 32.0 Å². The molecule has 4 rings (SSSR count). The summed E-state index contributed by atoms with van der Waals surface area (Å²) in [7, 11) is 0. The Labute approximate surface area is 139 Å². The predicted molar refractivity (Wildman–Crippen MR) is 93.4 cm³/mol. The minimum Gasteiger partial charge on any atom is -0.296 e. The summed E-state index contributed by atoms with van der Waals surface area (Å²) in [5.74, 6) is -0.194. The highest BCUT2D eigenvalue weighted by Gasteiger charge is 2.15. The van der Waals surface area contributed by atoms with E-state index in [2.05, 4.69) is 20.4 Å². The number of aryl methyl sites for hydroxylation is 2. The Bertz CT molecular complexity index is 1030. The van der Waals surface area contributed by atoms with Gasteiger partial charge in [0.25, 0.3) is 5.91 Å². The van der Waals surface area contributed by atoms with Gasteiger partial charge in [0.05, 0.1) is 25.4 Å². The molecule has 4 aromatic rings. The van der Waals surface area contributed by atoms with E-state index in [0.717, 1.165) is 25.4 Å². The first kappa shape index (κ1) is 14.3. The first-order valence-electron chi connectivity index (χ1n) is 7.15. The maximum atomic E-state index is 12.4. The minimum absolute atomic E-state index is 0.194. The van der Waals surface area contributed by atoms with Gasteiger partial charge in [-0.1, -0.05) is 11.3 Å².